The van der Waals surface area contributed by atoms with Crippen molar-refractivity contribution in [3.63, 3.8) is 0 Å². The number of carbonyl (C=O) groups excluding carboxylic acids is 1. The molecule has 0 amide bonds. The Morgan fingerprint density at radius 2 is 2.43 bits per heavy atom. The Kier molecular flexibility index (Phi) is 4.19. The van der Waals surface area contributed by atoms with Crippen molar-refractivity contribution in [1.29, 1.82) is 0 Å². The lowest BCUT2D eigenvalue weighted by Crippen LogP contribution is -2.01. The molecule has 1 atom stereocenters. The summed E-state index contributed by atoms with van der Waals surface area (Å²) in [6.45, 7) is 2.24. The highest BCUT2D eigenvalue weighted by atomic mass is 32.1. The predicted octanol–water partition coefficient (Wildman–Crippen LogP) is 1.33. The topological polar surface area (TPSA) is 59.4 Å². The number of rotatable bonds is 5. The number of thiazole rings is 1. The smallest absolute Gasteiger partial charge is 0.161 e. The van der Waals surface area contributed by atoms with Gasteiger partial charge in [-0.2, -0.15) is 0 Å². The van der Waals surface area contributed by atoms with Gasteiger partial charge in [-0.15, -0.1) is 11.3 Å². The van der Waals surface area contributed by atoms with Crippen LogP contribution in [0, 0.1) is 6.92 Å². The molecule has 1 rings (SSSR count). The van der Waals surface area contributed by atoms with Crippen LogP contribution in [0.1, 0.15) is 32.9 Å². The monoisotopic (exact) mass is 215 g/mol. The summed E-state index contributed by atoms with van der Waals surface area (Å²) in [5.74, 6) is 0. The average Bonchev–Trinajstić information content (AvgIpc) is 2.56. The number of methoxy groups -OCH3 is 1. The van der Waals surface area contributed by atoms with E-state index in [1.165, 1.54) is 11.3 Å². The molecule has 1 heterocycles. The Morgan fingerprint density at radius 1 is 1.71 bits per heavy atom. The Labute approximate surface area is 86.6 Å². The quantitative estimate of drug-likeness (QED) is 0.753. The van der Waals surface area contributed by atoms with Crippen molar-refractivity contribution < 1.29 is 14.6 Å². The first kappa shape index (κ1) is 11.3. The summed E-state index contributed by atoms with van der Waals surface area (Å²) in [5.41, 5.74) is 0.677. The van der Waals surface area contributed by atoms with Crippen molar-refractivity contribution in [2.45, 2.75) is 19.4 Å². The van der Waals surface area contributed by atoms with E-state index in [0.29, 0.717) is 28.6 Å². The van der Waals surface area contributed by atoms with Crippen LogP contribution >= 0.6 is 11.3 Å². The summed E-state index contributed by atoms with van der Waals surface area (Å²) < 4.78 is 4.84. The lowest BCUT2D eigenvalue weighted by molar-refractivity contribution is 0.110. The van der Waals surface area contributed by atoms with E-state index in [-0.39, 0.29) is 0 Å². The van der Waals surface area contributed by atoms with Crippen molar-refractivity contribution in [3.05, 3.63) is 15.6 Å². The number of aryl methyl sites for hydroxylation is 1. The predicted molar refractivity (Wildman–Crippen MR) is 53.7 cm³/mol. The van der Waals surface area contributed by atoms with Crippen LogP contribution in [0.15, 0.2) is 0 Å². The molecule has 78 valence electrons. The van der Waals surface area contributed by atoms with Crippen LogP contribution in [0.3, 0.4) is 0 Å². The van der Waals surface area contributed by atoms with Gasteiger partial charge in [0.05, 0.1) is 10.6 Å². The van der Waals surface area contributed by atoms with Gasteiger partial charge in [-0.05, 0) is 6.92 Å². The summed E-state index contributed by atoms with van der Waals surface area (Å²) in [5, 5.41) is 10.2. The van der Waals surface area contributed by atoms with E-state index in [2.05, 4.69) is 4.98 Å². The standard InChI is InChI=1S/C9H13NO3S/c1-6-8(5-11)14-9(10-6)7(12)3-4-13-2/h5,7,12H,3-4H2,1-2H3. The van der Waals surface area contributed by atoms with Crippen molar-refractivity contribution in [1.82, 2.24) is 4.98 Å². The molecule has 1 N–H and O–H groups in total. The largest absolute Gasteiger partial charge is 0.386 e. The maximum absolute atomic E-state index is 10.5. The van der Waals surface area contributed by atoms with Gasteiger partial charge >= 0.3 is 0 Å². The first-order valence-corrected chi connectivity index (χ1v) is 5.10. The molecule has 1 aromatic rings. The van der Waals surface area contributed by atoms with E-state index < -0.39 is 6.10 Å². The third-order valence-corrected chi connectivity index (χ3v) is 3.02. The Hall–Kier alpha value is -0.780. The molecule has 4 nitrogen and oxygen atoms in total. The van der Waals surface area contributed by atoms with Gasteiger partial charge in [0, 0.05) is 20.1 Å². The molecule has 0 aliphatic carbocycles. The van der Waals surface area contributed by atoms with Crippen molar-refractivity contribution >= 4 is 17.6 Å². The van der Waals surface area contributed by atoms with Crippen LogP contribution in [0.4, 0.5) is 0 Å². The molecule has 0 radical (unpaired) electrons. The number of ether oxygens (including phenoxy) is 1. The number of aliphatic hydroxyl groups excluding tert-OH is 1. The lowest BCUT2D eigenvalue weighted by Gasteiger charge is -2.05. The van der Waals surface area contributed by atoms with E-state index in [1.54, 1.807) is 14.0 Å². The zero-order valence-corrected chi connectivity index (χ0v) is 9.00. The third-order valence-electron chi connectivity index (χ3n) is 1.84. The van der Waals surface area contributed by atoms with Crippen molar-refractivity contribution in [2.75, 3.05) is 13.7 Å². The van der Waals surface area contributed by atoms with Crippen LogP contribution in [0.25, 0.3) is 0 Å². The maximum Gasteiger partial charge on any atom is 0.161 e. The summed E-state index contributed by atoms with van der Waals surface area (Å²) in [7, 11) is 1.58. The van der Waals surface area contributed by atoms with Gasteiger partial charge in [0.25, 0.3) is 0 Å². The zero-order chi connectivity index (χ0) is 10.6. The van der Waals surface area contributed by atoms with Crippen LogP contribution < -0.4 is 0 Å². The zero-order valence-electron chi connectivity index (χ0n) is 8.19. The fourth-order valence-corrected chi connectivity index (χ4v) is 1.94. The summed E-state index contributed by atoms with van der Waals surface area (Å²) in [6, 6.07) is 0. The molecule has 0 aliphatic rings. The van der Waals surface area contributed by atoms with Gasteiger partial charge in [-0.1, -0.05) is 0 Å². The molecule has 5 heteroatoms. The van der Waals surface area contributed by atoms with E-state index in [1.807, 2.05) is 0 Å². The fourth-order valence-electron chi connectivity index (χ4n) is 1.03. The van der Waals surface area contributed by atoms with Crippen LogP contribution in [-0.2, 0) is 4.74 Å². The highest BCUT2D eigenvalue weighted by Gasteiger charge is 2.14. The minimum Gasteiger partial charge on any atom is -0.386 e. The number of carbonyl (C=O) groups is 1. The number of hydrogen-bond donors (Lipinski definition) is 1. The molecule has 0 aliphatic heterocycles. The van der Waals surface area contributed by atoms with Gasteiger partial charge in [0.1, 0.15) is 11.1 Å². The molecular formula is C9H13NO3S. The third kappa shape index (κ3) is 2.60. The van der Waals surface area contributed by atoms with Gasteiger partial charge in [0.15, 0.2) is 6.29 Å². The number of hydrogen-bond acceptors (Lipinski definition) is 5. The molecule has 14 heavy (non-hydrogen) atoms. The molecule has 0 saturated heterocycles. The van der Waals surface area contributed by atoms with Crippen molar-refractivity contribution in [2.24, 2.45) is 0 Å². The molecule has 1 unspecified atom stereocenters. The maximum atomic E-state index is 10.5. The molecule has 0 bridgehead atoms. The molecular weight excluding hydrogens is 202 g/mol. The second-order valence-electron chi connectivity index (χ2n) is 2.92. The molecule has 0 spiro atoms. The molecule has 0 fully saturated rings. The van der Waals surface area contributed by atoms with Gasteiger partial charge < -0.3 is 9.84 Å². The number of aromatic nitrogens is 1. The Morgan fingerprint density at radius 3 is 2.93 bits per heavy atom. The highest BCUT2D eigenvalue weighted by molar-refractivity contribution is 7.13. The van der Waals surface area contributed by atoms with Gasteiger partial charge in [-0.3, -0.25) is 4.79 Å². The van der Waals surface area contributed by atoms with E-state index in [0.717, 1.165) is 6.29 Å². The molecule has 0 saturated carbocycles. The normalized spacial score (nSPS) is 12.8. The fraction of sp³-hybridized carbons (Fsp3) is 0.556. The highest BCUT2D eigenvalue weighted by Crippen LogP contribution is 2.24. The van der Waals surface area contributed by atoms with Crippen LogP contribution in [0.5, 0.6) is 0 Å². The molecule has 1 aromatic heterocycles. The minimum atomic E-state index is -0.632. The van der Waals surface area contributed by atoms with E-state index in [4.69, 9.17) is 4.74 Å². The minimum absolute atomic E-state index is 0.482. The van der Waals surface area contributed by atoms with E-state index >= 15 is 0 Å². The van der Waals surface area contributed by atoms with Crippen molar-refractivity contribution in [3.8, 4) is 0 Å². The van der Waals surface area contributed by atoms with E-state index in [9.17, 15) is 9.90 Å². The summed E-state index contributed by atoms with van der Waals surface area (Å²) >= 11 is 1.23. The van der Waals surface area contributed by atoms with Gasteiger partial charge in [0.2, 0.25) is 0 Å². The summed E-state index contributed by atoms with van der Waals surface area (Å²) in [4.78, 5) is 15.2. The second kappa shape index (κ2) is 5.19. The number of aliphatic hydroxyl groups is 1. The Bertz CT molecular complexity index is 311. The average molecular weight is 215 g/mol. The lowest BCUT2D eigenvalue weighted by atomic mass is 10.3. The first-order chi connectivity index (χ1) is 6.69. The SMILES string of the molecule is COCCC(O)c1nc(C)c(C=O)s1. The Balaban J connectivity index is 2.70. The first-order valence-electron chi connectivity index (χ1n) is 4.28. The van der Waals surface area contributed by atoms with Crippen LogP contribution in [-0.4, -0.2) is 30.1 Å². The molecule has 0 aromatic carbocycles. The van der Waals surface area contributed by atoms with Crippen LogP contribution in [0.2, 0.25) is 0 Å². The summed E-state index contributed by atoms with van der Waals surface area (Å²) in [6.07, 6.45) is 0.633. The van der Waals surface area contributed by atoms with Gasteiger partial charge in [-0.25, -0.2) is 4.98 Å². The number of aldehydes is 1. The second-order valence-corrected chi connectivity index (χ2v) is 3.98. The number of nitrogens with zero attached hydrogens (tertiary/aromatic N) is 1.